The van der Waals surface area contributed by atoms with Crippen LogP contribution in [-0.4, -0.2) is 23.9 Å². The quantitative estimate of drug-likeness (QED) is 0.916. The Balaban J connectivity index is 1.57. The van der Waals surface area contributed by atoms with E-state index in [2.05, 4.69) is 13.0 Å². The Morgan fingerprint density at radius 3 is 3.05 bits per heavy atom. The van der Waals surface area contributed by atoms with Gasteiger partial charge in [-0.2, -0.15) is 0 Å². The maximum Gasteiger partial charge on any atom is 0.123 e. The second-order valence-corrected chi connectivity index (χ2v) is 6.08. The van der Waals surface area contributed by atoms with Crippen molar-refractivity contribution < 1.29 is 14.6 Å². The van der Waals surface area contributed by atoms with E-state index in [9.17, 15) is 5.11 Å². The van der Waals surface area contributed by atoms with Crippen LogP contribution in [-0.2, 0) is 11.2 Å². The molecule has 2 heterocycles. The molecular formula is C17H24O3. The van der Waals surface area contributed by atoms with E-state index in [4.69, 9.17) is 9.47 Å². The zero-order valence-corrected chi connectivity index (χ0v) is 12.2. The molecule has 1 N–H and O–H groups in total. The van der Waals surface area contributed by atoms with Gasteiger partial charge in [-0.3, -0.25) is 0 Å². The third kappa shape index (κ3) is 3.15. The van der Waals surface area contributed by atoms with Crippen molar-refractivity contribution in [3.05, 3.63) is 29.3 Å². The maximum absolute atomic E-state index is 10.4. The van der Waals surface area contributed by atoms with Crippen molar-refractivity contribution in [3.8, 4) is 5.75 Å². The van der Waals surface area contributed by atoms with Crippen LogP contribution in [0.3, 0.4) is 0 Å². The number of hydrogen-bond acceptors (Lipinski definition) is 3. The van der Waals surface area contributed by atoms with Crippen LogP contribution in [0.1, 0.15) is 56.3 Å². The average molecular weight is 276 g/mol. The number of hydrogen-bond donors (Lipinski definition) is 1. The third-order valence-electron chi connectivity index (χ3n) is 4.34. The zero-order chi connectivity index (χ0) is 13.9. The molecule has 1 saturated heterocycles. The van der Waals surface area contributed by atoms with Gasteiger partial charge >= 0.3 is 0 Å². The molecule has 1 aromatic rings. The Morgan fingerprint density at radius 2 is 2.25 bits per heavy atom. The van der Waals surface area contributed by atoms with Gasteiger partial charge in [0, 0.05) is 13.0 Å². The first-order valence-corrected chi connectivity index (χ1v) is 7.81. The van der Waals surface area contributed by atoms with Crippen molar-refractivity contribution in [1.82, 2.24) is 0 Å². The highest BCUT2D eigenvalue weighted by atomic mass is 16.5. The lowest BCUT2D eigenvalue weighted by atomic mass is 9.97. The van der Waals surface area contributed by atoms with Gasteiger partial charge in [0.05, 0.1) is 12.2 Å². The molecule has 0 radical (unpaired) electrons. The van der Waals surface area contributed by atoms with Crippen LogP contribution < -0.4 is 4.74 Å². The molecule has 110 valence electrons. The van der Waals surface area contributed by atoms with E-state index in [-0.39, 0.29) is 12.2 Å². The molecule has 3 atom stereocenters. The van der Waals surface area contributed by atoms with E-state index in [1.54, 1.807) is 0 Å². The Hall–Kier alpha value is -1.06. The van der Waals surface area contributed by atoms with Crippen LogP contribution in [0.4, 0.5) is 0 Å². The third-order valence-corrected chi connectivity index (χ3v) is 4.34. The monoisotopic (exact) mass is 276 g/mol. The van der Waals surface area contributed by atoms with Gasteiger partial charge in [0.15, 0.2) is 0 Å². The van der Waals surface area contributed by atoms with Gasteiger partial charge in [-0.25, -0.2) is 0 Å². The number of aliphatic hydroxyl groups excluding tert-OH is 1. The Bertz CT molecular complexity index is 452. The van der Waals surface area contributed by atoms with Gasteiger partial charge in [-0.15, -0.1) is 0 Å². The largest absolute Gasteiger partial charge is 0.490 e. The van der Waals surface area contributed by atoms with E-state index in [0.29, 0.717) is 6.10 Å². The number of benzene rings is 1. The van der Waals surface area contributed by atoms with Crippen LogP contribution in [0.2, 0.25) is 0 Å². The highest BCUT2D eigenvalue weighted by Crippen LogP contribution is 2.32. The lowest BCUT2D eigenvalue weighted by molar-refractivity contribution is 0.00213. The number of fused-ring (bicyclic) bond motifs is 1. The number of rotatable bonds is 4. The van der Waals surface area contributed by atoms with Gasteiger partial charge in [-0.1, -0.05) is 6.07 Å². The van der Waals surface area contributed by atoms with Crippen molar-refractivity contribution >= 4 is 0 Å². The molecule has 3 heteroatoms. The second-order valence-electron chi connectivity index (χ2n) is 6.08. The molecule has 0 spiro atoms. The van der Waals surface area contributed by atoms with E-state index in [1.165, 1.54) is 18.4 Å². The van der Waals surface area contributed by atoms with Gasteiger partial charge < -0.3 is 14.6 Å². The van der Waals surface area contributed by atoms with Crippen molar-refractivity contribution in [2.24, 2.45) is 0 Å². The highest BCUT2D eigenvalue weighted by Gasteiger charge is 2.21. The first kappa shape index (κ1) is 13.9. The summed E-state index contributed by atoms with van der Waals surface area (Å²) in [5.74, 6) is 0.976. The van der Waals surface area contributed by atoms with Gasteiger partial charge in [0.25, 0.3) is 0 Å². The summed E-state index contributed by atoms with van der Waals surface area (Å²) in [5.41, 5.74) is 2.24. The number of ether oxygens (including phenoxy) is 2. The van der Waals surface area contributed by atoms with Gasteiger partial charge in [0.1, 0.15) is 11.9 Å². The maximum atomic E-state index is 10.4. The topological polar surface area (TPSA) is 38.7 Å². The summed E-state index contributed by atoms with van der Waals surface area (Å²) in [6.45, 7) is 2.96. The van der Waals surface area contributed by atoms with Crippen molar-refractivity contribution in [3.63, 3.8) is 0 Å². The minimum atomic E-state index is -0.387. The molecule has 0 aromatic heterocycles. The normalized spacial score (nSPS) is 26.9. The molecule has 0 saturated carbocycles. The van der Waals surface area contributed by atoms with E-state index in [0.717, 1.165) is 43.6 Å². The summed E-state index contributed by atoms with van der Waals surface area (Å²) in [5, 5.41) is 10.4. The van der Waals surface area contributed by atoms with E-state index in [1.807, 2.05) is 12.1 Å². The van der Waals surface area contributed by atoms with Crippen molar-refractivity contribution in [1.29, 1.82) is 0 Å². The molecule has 3 rings (SSSR count). The zero-order valence-electron chi connectivity index (χ0n) is 12.2. The molecule has 0 amide bonds. The predicted octanol–water partition coefficient (Wildman–Crippen LogP) is 3.39. The minimum Gasteiger partial charge on any atom is -0.490 e. The molecule has 0 bridgehead atoms. The first-order valence-electron chi connectivity index (χ1n) is 7.81. The number of aliphatic hydroxyl groups is 1. The molecule has 3 unspecified atom stereocenters. The lowest BCUT2D eigenvalue weighted by Gasteiger charge is -2.23. The van der Waals surface area contributed by atoms with Gasteiger partial charge in [0.2, 0.25) is 0 Å². The molecule has 1 aromatic carbocycles. The summed E-state index contributed by atoms with van der Waals surface area (Å²) >= 11 is 0. The molecule has 1 fully saturated rings. The lowest BCUT2D eigenvalue weighted by Crippen LogP contribution is -2.19. The van der Waals surface area contributed by atoms with Crippen LogP contribution >= 0.6 is 0 Å². The molecule has 3 nitrogen and oxygen atoms in total. The van der Waals surface area contributed by atoms with Crippen LogP contribution in [0, 0.1) is 0 Å². The summed E-state index contributed by atoms with van der Waals surface area (Å²) in [4.78, 5) is 0. The van der Waals surface area contributed by atoms with Crippen LogP contribution in [0.5, 0.6) is 5.75 Å². The highest BCUT2D eigenvalue weighted by molar-refractivity contribution is 5.41. The van der Waals surface area contributed by atoms with Crippen LogP contribution in [0.15, 0.2) is 18.2 Å². The van der Waals surface area contributed by atoms with E-state index >= 15 is 0 Å². The fourth-order valence-electron chi connectivity index (χ4n) is 3.19. The molecule has 2 aliphatic heterocycles. The summed E-state index contributed by atoms with van der Waals surface area (Å²) in [6, 6.07) is 6.09. The molecule has 0 aliphatic carbocycles. The standard InChI is InChI=1S/C17H24O3/c1-12-10-14-11-13(5-8-17(14)20-12)16(18)7-6-15-4-2-3-9-19-15/h5,8,11-12,15-16,18H,2-4,6-7,9-10H2,1H3. The van der Waals surface area contributed by atoms with E-state index < -0.39 is 0 Å². The first-order chi connectivity index (χ1) is 9.72. The van der Waals surface area contributed by atoms with Gasteiger partial charge in [-0.05, 0) is 62.3 Å². The second kappa shape index (κ2) is 6.15. The SMILES string of the molecule is CC1Cc2cc(C(O)CCC3CCCCO3)ccc2O1. The Morgan fingerprint density at radius 1 is 1.35 bits per heavy atom. The molecule has 20 heavy (non-hydrogen) atoms. The summed E-state index contributed by atoms with van der Waals surface area (Å²) in [6.07, 6.45) is 6.47. The Labute approximate surface area is 120 Å². The molecule has 2 aliphatic rings. The Kier molecular flexibility index (Phi) is 4.27. The summed E-state index contributed by atoms with van der Waals surface area (Å²) < 4.78 is 11.4. The average Bonchev–Trinajstić information content (AvgIpc) is 2.85. The molecular weight excluding hydrogens is 252 g/mol. The minimum absolute atomic E-state index is 0.257. The summed E-state index contributed by atoms with van der Waals surface area (Å²) in [7, 11) is 0. The fourth-order valence-corrected chi connectivity index (χ4v) is 3.19. The fraction of sp³-hybridized carbons (Fsp3) is 0.647. The van der Waals surface area contributed by atoms with Crippen LogP contribution in [0.25, 0.3) is 0 Å². The smallest absolute Gasteiger partial charge is 0.123 e. The van der Waals surface area contributed by atoms with Crippen molar-refractivity contribution in [2.45, 2.75) is 63.8 Å². The van der Waals surface area contributed by atoms with Crippen molar-refractivity contribution in [2.75, 3.05) is 6.61 Å². The predicted molar refractivity (Wildman–Crippen MR) is 78.0 cm³/mol.